The summed E-state index contributed by atoms with van der Waals surface area (Å²) in [5.41, 5.74) is 0.703. The molecular weight excluding hydrogens is 178 g/mol. The molecule has 14 heavy (non-hydrogen) atoms. The van der Waals surface area contributed by atoms with E-state index in [0.29, 0.717) is 5.69 Å². The first-order valence-corrected chi connectivity index (χ1v) is 4.67. The van der Waals surface area contributed by atoms with Crippen molar-refractivity contribution in [2.75, 3.05) is 0 Å². The predicted molar refractivity (Wildman–Crippen MR) is 52.3 cm³/mol. The molecule has 0 amide bonds. The largest absolute Gasteiger partial charge is 0.385 e. The lowest BCUT2D eigenvalue weighted by molar-refractivity contribution is 0.132. The van der Waals surface area contributed by atoms with Gasteiger partial charge in [-0.25, -0.2) is 4.98 Å². The number of imidazole rings is 1. The van der Waals surface area contributed by atoms with Gasteiger partial charge in [0.1, 0.15) is 6.10 Å². The van der Waals surface area contributed by atoms with E-state index in [4.69, 9.17) is 5.26 Å². The molecule has 0 radical (unpaired) electrons. The maximum absolute atomic E-state index is 9.82. The molecule has 2 unspecified atom stereocenters. The quantitative estimate of drug-likeness (QED) is 0.794. The molecule has 0 saturated heterocycles. The van der Waals surface area contributed by atoms with Crippen LogP contribution in [-0.4, -0.2) is 14.7 Å². The van der Waals surface area contributed by atoms with Crippen LogP contribution in [0.5, 0.6) is 0 Å². The highest BCUT2D eigenvalue weighted by Crippen LogP contribution is 2.23. The van der Waals surface area contributed by atoms with E-state index < -0.39 is 12.0 Å². The Balaban J connectivity index is 2.96. The first-order chi connectivity index (χ1) is 6.57. The summed E-state index contributed by atoms with van der Waals surface area (Å²) in [6, 6.07) is 2.27. The second kappa shape index (κ2) is 4.25. The zero-order valence-corrected chi connectivity index (χ0v) is 8.68. The molecule has 1 aromatic heterocycles. The summed E-state index contributed by atoms with van der Waals surface area (Å²) in [7, 11) is 0. The van der Waals surface area contributed by atoms with E-state index in [1.54, 1.807) is 19.4 Å². The fraction of sp³-hybridized carbons (Fsp3) is 0.600. The Kier molecular flexibility index (Phi) is 3.26. The van der Waals surface area contributed by atoms with Gasteiger partial charge in [0, 0.05) is 6.04 Å². The van der Waals surface area contributed by atoms with Crippen LogP contribution in [0.15, 0.2) is 12.5 Å². The predicted octanol–water partition coefficient (Wildman–Crippen LogP) is 1.66. The molecule has 1 aromatic rings. The molecule has 0 saturated carbocycles. The SMILES string of the molecule is CC(C#N)C(O)c1cncn1C(C)C. The number of hydrogen-bond acceptors (Lipinski definition) is 3. The molecule has 0 aliphatic heterocycles. The van der Waals surface area contributed by atoms with Gasteiger partial charge in [0.15, 0.2) is 0 Å². The van der Waals surface area contributed by atoms with Crippen LogP contribution in [0, 0.1) is 17.2 Å². The van der Waals surface area contributed by atoms with Crippen LogP contribution in [0.3, 0.4) is 0 Å². The van der Waals surface area contributed by atoms with E-state index in [9.17, 15) is 5.11 Å². The minimum atomic E-state index is -0.759. The van der Waals surface area contributed by atoms with Crippen molar-refractivity contribution in [3.63, 3.8) is 0 Å². The van der Waals surface area contributed by atoms with Crippen molar-refractivity contribution < 1.29 is 5.11 Å². The van der Waals surface area contributed by atoms with Gasteiger partial charge in [-0.2, -0.15) is 5.26 Å². The molecule has 76 valence electrons. The number of hydrogen-bond donors (Lipinski definition) is 1. The first-order valence-electron chi connectivity index (χ1n) is 4.67. The van der Waals surface area contributed by atoms with Crippen LogP contribution in [-0.2, 0) is 0 Å². The fourth-order valence-corrected chi connectivity index (χ4v) is 1.30. The Labute approximate surface area is 83.8 Å². The molecule has 1 N–H and O–H groups in total. The molecule has 0 aliphatic carbocycles. The van der Waals surface area contributed by atoms with Crippen molar-refractivity contribution in [3.05, 3.63) is 18.2 Å². The lowest BCUT2D eigenvalue weighted by atomic mass is 10.0. The Morgan fingerprint density at radius 3 is 2.64 bits per heavy atom. The lowest BCUT2D eigenvalue weighted by Crippen LogP contribution is -2.13. The number of aliphatic hydroxyl groups excluding tert-OH is 1. The number of aliphatic hydroxyl groups is 1. The van der Waals surface area contributed by atoms with Crippen molar-refractivity contribution in [3.8, 4) is 6.07 Å². The van der Waals surface area contributed by atoms with E-state index >= 15 is 0 Å². The van der Waals surface area contributed by atoms with Gasteiger partial charge in [-0.3, -0.25) is 0 Å². The number of nitriles is 1. The van der Waals surface area contributed by atoms with Crippen LogP contribution in [0.2, 0.25) is 0 Å². The van der Waals surface area contributed by atoms with E-state index in [1.165, 1.54) is 0 Å². The van der Waals surface area contributed by atoms with Crippen molar-refractivity contribution in [2.45, 2.75) is 32.9 Å². The van der Waals surface area contributed by atoms with E-state index in [2.05, 4.69) is 4.98 Å². The number of nitrogens with zero attached hydrogens (tertiary/aromatic N) is 3. The van der Waals surface area contributed by atoms with Crippen LogP contribution in [0.4, 0.5) is 0 Å². The van der Waals surface area contributed by atoms with Gasteiger partial charge in [0.25, 0.3) is 0 Å². The van der Waals surface area contributed by atoms with E-state index in [-0.39, 0.29) is 6.04 Å². The van der Waals surface area contributed by atoms with Crippen LogP contribution in [0.1, 0.15) is 38.6 Å². The van der Waals surface area contributed by atoms with Gasteiger partial charge < -0.3 is 9.67 Å². The first kappa shape index (κ1) is 10.7. The molecule has 4 heteroatoms. The van der Waals surface area contributed by atoms with Gasteiger partial charge in [-0.1, -0.05) is 0 Å². The summed E-state index contributed by atoms with van der Waals surface area (Å²) in [6.45, 7) is 5.71. The zero-order chi connectivity index (χ0) is 10.7. The lowest BCUT2D eigenvalue weighted by Gasteiger charge is -2.17. The molecule has 2 atom stereocenters. The summed E-state index contributed by atoms with van der Waals surface area (Å²) in [4.78, 5) is 3.97. The Morgan fingerprint density at radius 2 is 2.14 bits per heavy atom. The monoisotopic (exact) mass is 193 g/mol. The zero-order valence-electron chi connectivity index (χ0n) is 8.68. The third kappa shape index (κ3) is 1.94. The summed E-state index contributed by atoms with van der Waals surface area (Å²) >= 11 is 0. The molecule has 0 spiro atoms. The molecule has 1 heterocycles. The van der Waals surface area contributed by atoms with E-state index in [0.717, 1.165) is 0 Å². The summed E-state index contributed by atoms with van der Waals surface area (Å²) in [5, 5.41) is 18.5. The molecule has 0 aliphatic rings. The summed E-state index contributed by atoms with van der Waals surface area (Å²) in [5.74, 6) is -0.413. The minimum absolute atomic E-state index is 0.244. The van der Waals surface area contributed by atoms with Gasteiger partial charge in [-0.05, 0) is 20.8 Å². The average molecular weight is 193 g/mol. The fourth-order valence-electron chi connectivity index (χ4n) is 1.30. The van der Waals surface area contributed by atoms with Gasteiger partial charge in [-0.15, -0.1) is 0 Å². The molecule has 4 nitrogen and oxygen atoms in total. The summed E-state index contributed by atoms with van der Waals surface area (Å²) in [6.07, 6.45) is 2.52. The molecule has 0 fully saturated rings. The smallest absolute Gasteiger partial charge is 0.111 e. The molecule has 1 rings (SSSR count). The number of aromatic nitrogens is 2. The summed E-state index contributed by atoms with van der Waals surface area (Å²) < 4.78 is 1.87. The maximum atomic E-state index is 9.82. The van der Waals surface area contributed by atoms with Crippen molar-refractivity contribution in [1.82, 2.24) is 9.55 Å². The highest BCUT2D eigenvalue weighted by atomic mass is 16.3. The molecular formula is C10H15N3O. The number of rotatable bonds is 3. The average Bonchev–Trinajstić information content (AvgIpc) is 2.63. The maximum Gasteiger partial charge on any atom is 0.111 e. The highest BCUT2D eigenvalue weighted by molar-refractivity contribution is 5.08. The highest BCUT2D eigenvalue weighted by Gasteiger charge is 2.20. The second-order valence-corrected chi connectivity index (χ2v) is 3.68. The van der Waals surface area contributed by atoms with Crippen LogP contribution < -0.4 is 0 Å². The molecule has 0 bridgehead atoms. The normalized spacial score (nSPS) is 15.1. The Hall–Kier alpha value is -1.34. The van der Waals surface area contributed by atoms with E-state index in [1.807, 2.05) is 24.5 Å². The molecule has 0 aromatic carbocycles. The van der Waals surface area contributed by atoms with Crippen molar-refractivity contribution in [1.29, 1.82) is 5.26 Å². The topological polar surface area (TPSA) is 61.8 Å². The van der Waals surface area contributed by atoms with Crippen molar-refractivity contribution in [2.24, 2.45) is 5.92 Å². The van der Waals surface area contributed by atoms with Crippen LogP contribution >= 0.6 is 0 Å². The van der Waals surface area contributed by atoms with Crippen molar-refractivity contribution >= 4 is 0 Å². The standard InChI is InChI=1S/C10H15N3O/c1-7(2)13-6-12-5-9(13)10(14)8(3)4-11/h5-8,10,14H,1-3H3. The third-order valence-electron chi connectivity index (χ3n) is 2.23. The Bertz CT molecular complexity index is 337. The third-order valence-corrected chi connectivity index (χ3v) is 2.23. The van der Waals surface area contributed by atoms with Gasteiger partial charge >= 0.3 is 0 Å². The van der Waals surface area contributed by atoms with Gasteiger partial charge in [0.2, 0.25) is 0 Å². The second-order valence-electron chi connectivity index (χ2n) is 3.68. The minimum Gasteiger partial charge on any atom is -0.385 e. The van der Waals surface area contributed by atoms with Crippen LogP contribution in [0.25, 0.3) is 0 Å². The Morgan fingerprint density at radius 1 is 1.50 bits per heavy atom. The van der Waals surface area contributed by atoms with Gasteiger partial charge in [0.05, 0.1) is 30.2 Å².